The van der Waals surface area contributed by atoms with Crippen molar-refractivity contribution in [2.45, 2.75) is 18.9 Å². The van der Waals surface area contributed by atoms with Crippen LogP contribution in [0.5, 0.6) is 0 Å². The second kappa shape index (κ2) is 5.51. The zero-order valence-electron chi connectivity index (χ0n) is 9.21. The SMILES string of the molecule is Nc1cc(I)c(F)cc1NC1CCS(=O)CC1. The summed E-state index contributed by atoms with van der Waals surface area (Å²) < 4.78 is 25.2. The molecule has 1 aliphatic heterocycles. The Morgan fingerprint density at radius 2 is 2.06 bits per heavy atom. The summed E-state index contributed by atoms with van der Waals surface area (Å²) >= 11 is 1.92. The van der Waals surface area contributed by atoms with E-state index in [-0.39, 0.29) is 11.9 Å². The first kappa shape index (κ1) is 13.1. The Labute approximate surface area is 116 Å². The van der Waals surface area contributed by atoms with E-state index in [4.69, 9.17) is 5.73 Å². The van der Waals surface area contributed by atoms with E-state index in [1.54, 1.807) is 6.07 Å². The third kappa shape index (κ3) is 3.31. The molecule has 1 heterocycles. The Hall–Kier alpha value is -0.370. The molecule has 0 unspecified atom stereocenters. The van der Waals surface area contributed by atoms with Crippen molar-refractivity contribution in [3.05, 3.63) is 21.5 Å². The van der Waals surface area contributed by atoms with Gasteiger partial charge in [-0.15, -0.1) is 0 Å². The van der Waals surface area contributed by atoms with Crippen LogP contribution in [-0.4, -0.2) is 21.8 Å². The van der Waals surface area contributed by atoms with Gasteiger partial charge in [-0.1, -0.05) is 0 Å². The quantitative estimate of drug-likeness (QED) is 0.623. The minimum atomic E-state index is -0.679. The molecule has 0 aromatic heterocycles. The third-order valence-electron chi connectivity index (χ3n) is 2.84. The van der Waals surface area contributed by atoms with Gasteiger partial charge in [0.1, 0.15) is 5.82 Å². The maximum absolute atomic E-state index is 13.4. The molecule has 0 radical (unpaired) electrons. The molecule has 1 aromatic rings. The fourth-order valence-corrected chi connectivity index (χ4v) is 3.64. The molecule has 0 aliphatic carbocycles. The normalized spacial score (nSPS) is 24.6. The first-order valence-corrected chi connectivity index (χ1v) is 7.99. The fourth-order valence-electron chi connectivity index (χ4n) is 1.85. The predicted octanol–water partition coefficient (Wildman–Crippen LogP) is 2.34. The van der Waals surface area contributed by atoms with E-state index in [9.17, 15) is 8.60 Å². The summed E-state index contributed by atoms with van der Waals surface area (Å²) in [5.74, 6) is 1.16. The molecule has 0 amide bonds. The number of halogens is 2. The summed E-state index contributed by atoms with van der Waals surface area (Å²) in [6, 6.07) is 3.30. The number of nitrogens with one attached hydrogen (secondary N) is 1. The minimum Gasteiger partial charge on any atom is -0.397 e. The van der Waals surface area contributed by atoms with Crippen LogP contribution in [0.25, 0.3) is 0 Å². The predicted molar refractivity (Wildman–Crippen MR) is 78.1 cm³/mol. The maximum Gasteiger partial charge on any atom is 0.138 e. The van der Waals surface area contributed by atoms with Gasteiger partial charge in [-0.25, -0.2) is 4.39 Å². The van der Waals surface area contributed by atoms with E-state index < -0.39 is 10.8 Å². The lowest BCUT2D eigenvalue weighted by Gasteiger charge is -2.24. The summed E-state index contributed by atoms with van der Waals surface area (Å²) in [6.45, 7) is 0. The van der Waals surface area contributed by atoms with Crippen LogP contribution in [-0.2, 0) is 10.8 Å². The molecule has 2 rings (SSSR count). The molecule has 3 nitrogen and oxygen atoms in total. The lowest BCUT2D eigenvalue weighted by atomic mass is 10.1. The number of benzene rings is 1. The largest absolute Gasteiger partial charge is 0.397 e. The highest BCUT2D eigenvalue weighted by Gasteiger charge is 2.18. The minimum absolute atomic E-state index is 0.245. The topological polar surface area (TPSA) is 55.1 Å². The van der Waals surface area contributed by atoms with Gasteiger partial charge in [-0.3, -0.25) is 4.21 Å². The van der Waals surface area contributed by atoms with Gasteiger partial charge in [0, 0.05) is 34.4 Å². The summed E-state index contributed by atoms with van der Waals surface area (Å²) in [5, 5.41) is 3.23. The first-order valence-electron chi connectivity index (χ1n) is 5.42. The van der Waals surface area contributed by atoms with Gasteiger partial charge in [0.2, 0.25) is 0 Å². The summed E-state index contributed by atoms with van der Waals surface area (Å²) in [7, 11) is -0.679. The Morgan fingerprint density at radius 3 is 2.71 bits per heavy atom. The number of hydrogen-bond acceptors (Lipinski definition) is 3. The monoisotopic (exact) mass is 368 g/mol. The Bertz CT molecular complexity index is 445. The van der Waals surface area contributed by atoms with Crippen LogP contribution in [0.3, 0.4) is 0 Å². The number of rotatable bonds is 2. The van der Waals surface area contributed by atoms with E-state index in [0.29, 0.717) is 26.5 Å². The van der Waals surface area contributed by atoms with Gasteiger partial charge >= 0.3 is 0 Å². The van der Waals surface area contributed by atoms with Crippen LogP contribution in [0, 0.1) is 9.39 Å². The van der Waals surface area contributed by atoms with E-state index >= 15 is 0 Å². The van der Waals surface area contributed by atoms with Crippen molar-refractivity contribution in [3.63, 3.8) is 0 Å². The summed E-state index contributed by atoms with van der Waals surface area (Å²) in [6.07, 6.45) is 1.69. The van der Waals surface area contributed by atoms with Crippen molar-refractivity contribution in [1.82, 2.24) is 0 Å². The zero-order chi connectivity index (χ0) is 12.4. The van der Waals surface area contributed by atoms with Crippen molar-refractivity contribution < 1.29 is 8.60 Å². The molecule has 0 saturated carbocycles. The van der Waals surface area contributed by atoms with E-state index in [2.05, 4.69) is 5.32 Å². The van der Waals surface area contributed by atoms with Gasteiger partial charge in [-0.05, 0) is 41.5 Å². The van der Waals surface area contributed by atoms with Gasteiger partial charge < -0.3 is 11.1 Å². The Kier molecular flexibility index (Phi) is 4.24. The number of hydrogen-bond donors (Lipinski definition) is 2. The highest BCUT2D eigenvalue weighted by Crippen LogP contribution is 2.26. The summed E-state index contributed by atoms with van der Waals surface area (Å²) in [4.78, 5) is 0. The molecular weight excluding hydrogens is 354 g/mol. The number of nitrogen functional groups attached to an aromatic ring is 1. The van der Waals surface area contributed by atoms with E-state index in [1.807, 2.05) is 22.6 Å². The smallest absolute Gasteiger partial charge is 0.138 e. The zero-order valence-corrected chi connectivity index (χ0v) is 12.2. The van der Waals surface area contributed by atoms with Crippen molar-refractivity contribution in [3.8, 4) is 0 Å². The lowest BCUT2D eigenvalue weighted by Crippen LogP contribution is -2.29. The Morgan fingerprint density at radius 1 is 1.41 bits per heavy atom. The second-order valence-electron chi connectivity index (χ2n) is 4.12. The van der Waals surface area contributed by atoms with E-state index in [1.165, 1.54) is 6.07 Å². The van der Waals surface area contributed by atoms with Crippen LogP contribution in [0.2, 0.25) is 0 Å². The molecule has 6 heteroatoms. The molecule has 3 N–H and O–H groups in total. The third-order valence-corrected chi connectivity index (χ3v) is 5.05. The van der Waals surface area contributed by atoms with Gasteiger partial charge in [0.05, 0.1) is 14.9 Å². The van der Waals surface area contributed by atoms with Crippen molar-refractivity contribution in [2.24, 2.45) is 0 Å². The highest BCUT2D eigenvalue weighted by atomic mass is 127. The second-order valence-corrected chi connectivity index (χ2v) is 6.98. The summed E-state index contributed by atoms with van der Waals surface area (Å²) in [5.41, 5.74) is 7.04. The molecule has 1 fully saturated rings. The highest BCUT2D eigenvalue weighted by molar-refractivity contribution is 14.1. The van der Waals surface area contributed by atoms with Crippen molar-refractivity contribution in [1.29, 1.82) is 0 Å². The van der Waals surface area contributed by atoms with Crippen molar-refractivity contribution in [2.75, 3.05) is 22.6 Å². The number of anilines is 2. The average Bonchev–Trinajstić information content (AvgIpc) is 2.29. The molecule has 94 valence electrons. The molecule has 0 spiro atoms. The molecule has 0 bridgehead atoms. The van der Waals surface area contributed by atoms with E-state index in [0.717, 1.165) is 12.8 Å². The lowest BCUT2D eigenvalue weighted by molar-refractivity contribution is 0.614. The van der Waals surface area contributed by atoms with Gasteiger partial charge in [0.15, 0.2) is 0 Å². The van der Waals surface area contributed by atoms with Crippen molar-refractivity contribution >= 4 is 44.8 Å². The first-order chi connectivity index (χ1) is 8.06. The van der Waals surface area contributed by atoms with Crippen LogP contribution in [0.4, 0.5) is 15.8 Å². The maximum atomic E-state index is 13.4. The van der Waals surface area contributed by atoms with Crippen LogP contribution >= 0.6 is 22.6 Å². The standard InChI is InChI=1S/C11H14FIN2OS/c12-8-5-11(10(14)6-9(8)13)15-7-1-3-17(16)4-2-7/h5-7,15H,1-4,14H2. The van der Waals surface area contributed by atoms with Crippen LogP contribution < -0.4 is 11.1 Å². The molecule has 0 atom stereocenters. The molecule has 17 heavy (non-hydrogen) atoms. The molecule has 1 saturated heterocycles. The van der Waals surface area contributed by atoms with Gasteiger partial charge in [0.25, 0.3) is 0 Å². The molecule has 1 aliphatic rings. The van der Waals surface area contributed by atoms with Crippen LogP contribution in [0.1, 0.15) is 12.8 Å². The Balaban J connectivity index is 2.08. The average molecular weight is 368 g/mol. The number of nitrogens with two attached hydrogens (primary N) is 1. The molecular formula is C11H14FIN2OS. The van der Waals surface area contributed by atoms with Gasteiger partial charge in [-0.2, -0.15) is 0 Å². The molecule has 1 aromatic carbocycles. The fraction of sp³-hybridized carbons (Fsp3) is 0.455. The van der Waals surface area contributed by atoms with Crippen LogP contribution in [0.15, 0.2) is 12.1 Å².